The summed E-state index contributed by atoms with van der Waals surface area (Å²) >= 11 is 0. The lowest BCUT2D eigenvalue weighted by Gasteiger charge is -2.11. The average Bonchev–Trinajstić information content (AvgIpc) is 2.65. The molecule has 2 aromatic rings. The summed E-state index contributed by atoms with van der Waals surface area (Å²) < 4.78 is 50.1. The molecule has 0 unspecified atom stereocenters. The van der Waals surface area contributed by atoms with E-state index in [1.54, 1.807) is 0 Å². The molecule has 2 rings (SSSR count). The maximum absolute atomic E-state index is 12.7. The van der Waals surface area contributed by atoms with Crippen molar-refractivity contribution >= 4 is 0 Å². The zero-order valence-corrected chi connectivity index (χ0v) is 8.24. The molecule has 1 N–H and O–H groups in total. The number of phenols is 1. The summed E-state index contributed by atoms with van der Waals surface area (Å²) in [5.74, 6) is -1.31. The predicted molar refractivity (Wildman–Crippen MR) is 50.6 cm³/mol. The largest absolute Gasteiger partial charge is 0.507 e. The van der Waals surface area contributed by atoms with E-state index < -0.39 is 17.9 Å². The average molecular weight is 246 g/mol. The van der Waals surface area contributed by atoms with Crippen molar-refractivity contribution in [3.05, 3.63) is 36.3 Å². The van der Waals surface area contributed by atoms with Crippen LogP contribution in [0.15, 0.2) is 30.5 Å². The van der Waals surface area contributed by atoms with Crippen molar-refractivity contribution in [3.8, 4) is 17.0 Å². The first kappa shape index (κ1) is 11.4. The molecule has 90 valence electrons. The van der Waals surface area contributed by atoms with E-state index in [-0.39, 0.29) is 15.9 Å². The summed E-state index contributed by atoms with van der Waals surface area (Å²) in [6, 6.07) is 3.84. The molecule has 1 aromatic carbocycles. The normalized spacial score (nSPS) is 11.8. The lowest BCUT2D eigenvalue weighted by atomic mass is 10.1. The lowest BCUT2D eigenvalue weighted by molar-refractivity contribution is -0.211. The van der Waals surface area contributed by atoms with Crippen molar-refractivity contribution in [3.63, 3.8) is 0 Å². The van der Waals surface area contributed by atoms with E-state index in [0.29, 0.717) is 0 Å². The maximum Gasteiger partial charge on any atom is 0.505 e. The number of phenolic OH excluding ortho intramolecular Hbond substituents is 1. The molecule has 0 aliphatic carbocycles. The highest BCUT2D eigenvalue weighted by Crippen LogP contribution is 2.33. The highest BCUT2D eigenvalue weighted by Gasteiger charge is 2.34. The van der Waals surface area contributed by atoms with Crippen LogP contribution in [-0.2, 0) is 6.30 Å². The van der Waals surface area contributed by atoms with Crippen LogP contribution >= 0.6 is 0 Å². The Hall–Kier alpha value is -2.05. The van der Waals surface area contributed by atoms with Gasteiger partial charge < -0.3 is 5.11 Å². The number of alkyl halides is 3. The van der Waals surface area contributed by atoms with Crippen LogP contribution in [0.4, 0.5) is 17.6 Å². The van der Waals surface area contributed by atoms with Gasteiger partial charge in [-0.05, 0) is 18.2 Å². The maximum atomic E-state index is 12.7. The van der Waals surface area contributed by atoms with E-state index in [4.69, 9.17) is 0 Å². The first-order valence-corrected chi connectivity index (χ1v) is 4.49. The number of aromatic nitrogens is 2. The zero-order chi connectivity index (χ0) is 12.6. The van der Waals surface area contributed by atoms with Gasteiger partial charge in [0.15, 0.2) is 0 Å². The van der Waals surface area contributed by atoms with Crippen molar-refractivity contribution in [1.29, 1.82) is 0 Å². The van der Waals surface area contributed by atoms with Gasteiger partial charge in [-0.25, -0.2) is 4.39 Å². The summed E-state index contributed by atoms with van der Waals surface area (Å²) in [7, 11) is 0. The van der Waals surface area contributed by atoms with Gasteiger partial charge in [0, 0.05) is 17.8 Å². The number of hydrogen-bond donors (Lipinski definition) is 1. The Kier molecular flexibility index (Phi) is 2.53. The lowest BCUT2D eigenvalue weighted by Crippen LogP contribution is -2.19. The van der Waals surface area contributed by atoms with E-state index in [0.717, 1.165) is 30.5 Å². The molecule has 0 spiro atoms. The molecular weight excluding hydrogens is 240 g/mol. The molecule has 3 nitrogen and oxygen atoms in total. The third kappa shape index (κ3) is 2.08. The van der Waals surface area contributed by atoms with E-state index in [9.17, 15) is 22.7 Å². The number of aromatic hydroxyl groups is 1. The van der Waals surface area contributed by atoms with Crippen LogP contribution in [0.5, 0.6) is 5.75 Å². The van der Waals surface area contributed by atoms with E-state index in [2.05, 4.69) is 5.10 Å². The molecule has 17 heavy (non-hydrogen) atoms. The van der Waals surface area contributed by atoms with E-state index in [1.807, 2.05) is 0 Å². The second-order valence-electron chi connectivity index (χ2n) is 3.26. The standard InChI is InChI=1S/C10H6F4N2O/c11-6-1-2-7(9(17)5-6)8-3-4-15-16(8)10(12,13)14/h1-5,17H. The molecule has 0 aliphatic rings. The Balaban J connectivity index is 2.58. The van der Waals surface area contributed by atoms with Crippen LogP contribution in [0, 0.1) is 5.82 Å². The monoisotopic (exact) mass is 246 g/mol. The minimum Gasteiger partial charge on any atom is -0.507 e. The van der Waals surface area contributed by atoms with E-state index in [1.165, 1.54) is 0 Å². The fourth-order valence-corrected chi connectivity index (χ4v) is 1.43. The summed E-state index contributed by atoms with van der Waals surface area (Å²) in [6.45, 7) is 0. The Morgan fingerprint density at radius 3 is 2.47 bits per heavy atom. The number of hydrogen-bond acceptors (Lipinski definition) is 2. The molecule has 0 saturated heterocycles. The van der Waals surface area contributed by atoms with Gasteiger partial charge in [0.25, 0.3) is 0 Å². The van der Waals surface area contributed by atoms with Gasteiger partial charge in [0.2, 0.25) is 0 Å². The molecule has 0 radical (unpaired) electrons. The fraction of sp³-hybridized carbons (Fsp3) is 0.100. The van der Waals surface area contributed by atoms with Gasteiger partial charge in [-0.15, -0.1) is 13.2 Å². The van der Waals surface area contributed by atoms with Crippen LogP contribution in [0.3, 0.4) is 0 Å². The van der Waals surface area contributed by atoms with Crippen LogP contribution in [0.25, 0.3) is 11.3 Å². The summed E-state index contributed by atoms with van der Waals surface area (Å²) in [5.41, 5.74) is -0.490. The minimum absolute atomic E-state index is 0.138. The number of benzene rings is 1. The van der Waals surface area contributed by atoms with Crippen LogP contribution < -0.4 is 0 Å². The molecule has 0 bridgehead atoms. The Labute approximate surface area is 92.9 Å². The quantitative estimate of drug-likeness (QED) is 0.785. The fourth-order valence-electron chi connectivity index (χ4n) is 1.43. The number of nitrogens with zero attached hydrogens (tertiary/aromatic N) is 2. The molecule has 0 amide bonds. The number of halogens is 4. The summed E-state index contributed by atoms with van der Waals surface area (Å²) in [6.07, 6.45) is -3.74. The van der Waals surface area contributed by atoms with Gasteiger partial charge in [0.1, 0.15) is 11.6 Å². The summed E-state index contributed by atoms with van der Waals surface area (Å²) in [5, 5.41) is 12.5. The first-order valence-electron chi connectivity index (χ1n) is 4.49. The highest BCUT2D eigenvalue weighted by atomic mass is 19.4. The Bertz CT molecular complexity index is 547. The van der Waals surface area contributed by atoms with E-state index >= 15 is 0 Å². The van der Waals surface area contributed by atoms with Crippen molar-refractivity contribution in [2.75, 3.05) is 0 Å². The zero-order valence-electron chi connectivity index (χ0n) is 8.24. The Morgan fingerprint density at radius 1 is 1.18 bits per heavy atom. The van der Waals surface area contributed by atoms with Crippen LogP contribution in [0.2, 0.25) is 0 Å². The van der Waals surface area contributed by atoms with Crippen molar-refractivity contribution in [2.24, 2.45) is 0 Å². The highest BCUT2D eigenvalue weighted by molar-refractivity contribution is 5.66. The van der Waals surface area contributed by atoms with Gasteiger partial charge in [-0.3, -0.25) is 0 Å². The smallest absolute Gasteiger partial charge is 0.505 e. The second kappa shape index (κ2) is 3.76. The minimum atomic E-state index is -4.69. The third-order valence-corrected chi connectivity index (χ3v) is 2.12. The van der Waals surface area contributed by atoms with Crippen molar-refractivity contribution < 1.29 is 22.7 Å². The molecule has 7 heteroatoms. The van der Waals surface area contributed by atoms with Crippen LogP contribution in [0.1, 0.15) is 0 Å². The van der Waals surface area contributed by atoms with Crippen LogP contribution in [-0.4, -0.2) is 14.9 Å². The third-order valence-electron chi connectivity index (χ3n) is 2.12. The molecule has 1 aromatic heterocycles. The summed E-state index contributed by atoms with van der Waals surface area (Å²) in [4.78, 5) is 0. The van der Waals surface area contributed by atoms with Gasteiger partial charge >= 0.3 is 6.30 Å². The molecule has 0 atom stereocenters. The molecule has 0 aliphatic heterocycles. The molecule has 0 saturated carbocycles. The predicted octanol–water partition coefficient (Wildman–Crippen LogP) is 2.87. The van der Waals surface area contributed by atoms with Gasteiger partial charge in [0.05, 0.1) is 5.69 Å². The van der Waals surface area contributed by atoms with Gasteiger partial charge in [-0.1, -0.05) is 0 Å². The molecule has 0 fully saturated rings. The first-order chi connectivity index (χ1) is 7.89. The van der Waals surface area contributed by atoms with Crippen molar-refractivity contribution in [1.82, 2.24) is 9.78 Å². The SMILES string of the molecule is Oc1cc(F)ccc1-c1ccnn1C(F)(F)F. The Morgan fingerprint density at radius 2 is 1.88 bits per heavy atom. The second-order valence-corrected chi connectivity index (χ2v) is 3.26. The number of rotatable bonds is 1. The topological polar surface area (TPSA) is 38.1 Å². The van der Waals surface area contributed by atoms with Crippen molar-refractivity contribution in [2.45, 2.75) is 6.30 Å². The van der Waals surface area contributed by atoms with Gasteiger partial charge in [-0.2, -0.15) is 9.78 Å². The molecular formula is C10H6F4N2O. The molecule has 1 heterocycles.